The van der Waals surface area contributed by atoms with E-state index in [4.69, 9.17) is 11.6 Å². The third-order valence-corrected chi connectivity index (χ3v) is 5.38. The summed E-state index contributed by atoms with van der Waals surface area (Å²) in [6.07, 6.45) is 4.17. The lowest BCUT2D eigenvalue weighted by Crippen LogP contribution is -2.25. The molecule has 1 aliphatic carbocycles. The lowest BCUT2D eigenvalue weighted by Gasteiger charge is -2.05. The van der Waals surface area contributed by atoms with E-state index in [0.29, 0.717) is 25.3 Å². The standard InChI is InChI=1S/C17H18ClN5OS/c18-13-3-1-2-11(10-13)8-9-19-14(24)6-7-15-22-23-16(12-4-5-12)20-21-17(23)25-15/h1-3,10,12H,4-9H2,(H,19,24). The van der Waals surface area contributed by atoms with Crippen molar-refractivity contribution in [2.24, 2.45) is 0 Å². The van der Waals surface area contributed by atoms with Crippen LogP contribution >= 0.6 is 22.9 Å². The molecule has 1 aromatic carbocycles. The number of aromatic nitrogens is 4. The van der Waals surface area contributed by atoms with Crippen molar-refractivity contribution in [2.45, 2.75) is 38.0 Å². The summed E-state index contributed by atoms with van der Waals surface area (Å²) in [5.41, 5.74) is 1.12. The molecule has 4 rings (SSSR count). The highest BCUT2D eigenvalue weighted by Crippen LogP contribution is 2.39. The molecule has 1 fully saturated rings. The number of carbonyl (C=O) groups excluding carboxylic acids is 1. The second-order valence-corrected chi connectivity index (χ2v) is 7.73. The van der Waals surface area contributed by atoms with E-state index in [1.807, 2.05) is 28.8 Å². The molecular weight excluding hydrogens is 358 g/mol. The first kappa shape index (κ1) is 16.5. The van der Waals surface area contributed by atoms with Gasteiger partial charge >= 0.3 is 0 Å². The Morgan fingerprint density at radius 3 is 3.00 bits per heavy atom. The molecule has 130 valence electrons. The van der Waals surface area contributed by atoms with Crippen molar-refractivity contribution in [1.82, 2.24) is 25.1 Å². The zero-order valence-electron chi connectivity index (χ0n) is 13.6. The number of nitrogens with zero attached hydrogens (tertiary/aromatic N) is 4. The van der Waals surface area contributed by atoms with Crippen molar-refractivity contribution >= 4 is 33.8 Å². The SMILES string of the molecule is O=C(CCc1nn2c(C3CC3)nnc2s1)NCCc1cccc(Cl)c1. The molecule has 0 radical (unpaired) electrons. The van der Waals surface area contributed by atoms with E-state index in [9.17, 15) is 4.79 Å². The number of nitrogens with one attached hydrogen (secondary N) is 1. The summed E-state index contributed by atoms with van der Waals surface area (Å²) >= 11 is 7.47. The van der Waals surface area contributed by atoms with Gasteiger partial charge in [-0.2, -0.15) is 9.61 Å². The molecule has 0 spiro atoms. The first-order chi connectivity index (χ1) is 12.2. The van der Waals surface area contributed by atoms with Crippen LogP contribution in [0.1, 0.15) is 41.6 Å². The second-order valence-electron chi connectivity index (χ2n) is 6.25. The van der Waals surface area contributed by atoms with Crippen molar-refractivity contribution in [3.8, 4) is 0 Å². The molecule has 1 saturated carbocycles. The molecule has 2 aromatic heterocycles. The molecule has 6 nitrogen and oxygen atoms in total. The van der Waals surface area contributed by atoms with Crippen molar-refractivity contribution in [1.29, 1.82) is 0 Å². The topological polar surface area (TPSA) is 72.2 Å². The second kappa shape index (κ2) is 7.09. The molecule has 1 aliphatic rings. The summed E-state index contributed by atoms with van der Waals surface area (Å²) < 4.78 is 1.84. The average molecular weight is 376 g/mol. The predicted molar refractivity (Wildman–Crippen MR) is 97.1 cm³/mol. The van der Waals surface area contributed by atoms with Gasteiger partial charge in [-0.3, -0.25) is 4.79 Å². The summed E-state index contributed by atoms with van der Waals surface area (Å²) in [7, 11) is 0. The van der Waals surface area contributed by atoms with Gasteiger partial charge in [0, 0.05) is 30.3 Å². The maximum atomic E-state index is 12.0. The zero-order chi connectivity index (χ0) is 17.2. The lowest BCUT2D eigenvalue weighted by atomic mass is 10.1. The van der Waals surface area contributed by atoms with E-state index in [0.717, 1.165) is 32.8 Å². The zero-order valence-corrected chi connectivity index (χ0v) is 15.2. The molecule has 0 atom stereocenters. The number of hydrogen-bond donors (Lipinski definition) is 1. The van der Waals surface area contributed by atoms with Crippen LogP contribution in [0.25, 0.3) is 4.96 Å². The number of aryl methyl sites for hydroxylation is 1. The van der Waals surface area contributed by atoms with Crippen molar-refractivity contribution in [3.05, 3.63) is 45.7 Å². The smallest absolute Gasteiger partial charge is 0.234 e. The molecule has 0 unspecified atom stereocenters. The molecule has 25 heavy (non-hydrogen) atoms. The molecule has 3 aromatic rings. The van der Waals surface area contributed by atoms with Crippen LogP contribution in [0.3, 0.4) is 0 Å². The monoisotopic (exact) mass is 375 g/mol. The van der Waals surface area contributed by atoms with Crippen LogP contribution in [0.15, 0.2) is 24.3 Å². The number of amides is 1. The summed E-state index contributed by atoms with van der Waals surface area (Å²) in [6.45, 7) is 0.607. The highest BCUT2D eigenvalue weighted by Gasteiger charge is 2.30. The van der Waals surface area contributed by atoms with Gasteiger partial charge < -0.3 is 5.32 Å². The van der Waals surface area contributed by atoms with Gasteiger partial charge in [0.05, 0.1) is 0 Å². The fourth-order valence-corrected chi connectivity index (χ4v) is 3.77. The third kappa shape index (κ3) is 3.99. The van der Waals surface area contributed by atoms with Gasteiger partial charge in [-0.05, 0) is 37.0 Å². The van der Waals surface area contributed by atoms with E-state index >= 15 is 0 Å². The Bertz CT molecular complexity index is 901. The number of rotatable bonds is 7. The van der Waals surface area contributed by atoms with Crippen LogP contribution < -0.4 is 5.32 Å². The summed E-state index contributed by atoms with van der Waals surface area (Å²) in [4.78, 5) is 12.8. The van der Waals surface area contributed by atoms with Crippen LogP contribution in [0.2, 0.25) is 5.02 Å². The Labute approximate surface area is 154 Å². The van der Waals surface area contributed by atoms with E-state index in [1.165, 1.54) is 24.2 Å². The largest absolute Gasteiger partial charge is 0.356 e. The van der Waals surface area contributed by atoms with Crippen molar-refractivity contribution < 1.29 is 4.79 Å². The van der Waals surface area contributed by atoms with E-state index in [-0.39, 0.29) is 5.91 Å². The van der Waals surface area contributed by atoms with Gasteiger partial charge in [0.1, 0.15) is 5.01 Å². The number of fused-ring (bicyclic) bond motifs is 1. The molecule has 1 N–H and O–H groups in total. The minimum absolute atomic E-state index is 0.0374. The molecule has 0 saturated heterocycles. The molecule has 0 bridgehead atoms. The number of hydrogen-bond acceptors (Lipinski definition) is 5. The molecule has 8 heteroatoms. The van der Waals surface area contributed by atoms with Gasteiger partial charge in [0.2, 0.25) is 10.9 Å². The van der Waals surface area contributed by atoms with Crippen molar-refractivity contribution in [3.63, 3.8) is 0 Å². The van der Waals surface area contributed by atoms with Gasteiger partial charge in [0.15, 0.2) is 5.82 Å². The molecular formula is C17H18ClN5OS. The summed E-state index contributed by atoms with van der Waals surface area (Å²) in [5, 5.41) is 17.5. The van der Waals surface area contributed by atoms with Crippen LogP contribution in [-0.4, -0.2) is 32.3 Å². The Balaban J connectivity index is 1.25. The van der Waals surface area contributed by atoms with Gasteiger partial charge in [-0.15, -0.1) is 10.2 Å². The fourth-order valence-electron chi connectivity index (χ4n) is 2.72. The Morgan fingerprint density at radius 1 is 1.32 bits per heavy atom. The van der Waals surface area contributed by atoms with Crippen LogP contribution in [0, 0.1) is 0 Å². The molecule has 1 amide bonds. The number of carbonyl (C=O) groups is 1. The van der Waals surface area contributed by atoms with Crippen LogP contribution in [-0.2, 0) is 17.6 Å². The lowest BCUT2D eigenvalue weighted by molar-refractivity contribution is -0.121. The van der Waals surface area contributed by atoms with Gasteiger partial charge in [-0.25, -0.2) is 0 Å². The first-order valence-electron chi connectivity index (χ1n) is 8.41. The third-order valence-electron chi connectivity index (χ3n) is 4.19. The quantitative estimate of drug-likeness (QED) is 0.689. The minimum atomic E-state index is 0.0374. The van der Waals surface area contributed by atoms with E-state index in [2.05, 4.69) is 20.6 Å². The summed E-state index contributed by atoms with van der Waals surface area (Å²) in [6, 6.07) is 7.70. The first-order valence-corrected chi connectivity index (χ1v) is 9.60. The minimum Gasteiger partial charge on any atom is -0.356 e. The number of halogens is 1. The normalized spacial score (nSPS) is 14.1. The maximum Gasteiger partial charge on any atom is 0.234 e. The number of benzene rings is 1. The Morgan fingerprint density at radius 2 is 2.20 bits per heavy atom. The predicted octanol–water partition coefficient (Wildman–Crippen LogP) is 3.01. The average Bonchev–Trinajstić information content (AvgIpc) is 3.23. The van der Waals surface area contributed by atoms with Crippen molar-refractivity contribution in [2.75, 3.05) is 6.54 Å². The fraction of sp³-hybridized carbons (Fsp3) is 0.412. The van der Waals surface area contributed by atoms with Gasteiger partial charge in [-0.1, -0.05) is 35.1 Å². The van der Waals surface area contributed by atoms with Gasteiger partial charge in [0.25, 0.3) is 0 Å². The Hall–Kier alpha value is -1.99. The van der Waals surface area contributed by atoms with E-state index in [1.54, 1.807) is 0 Å². The highest BCUT2D eigenvalue weighted by molar-refractivity contribution is 7.16. The Kier molecular flexibility index (Phi) is 4.67. The molecule has 0 aliphatic heterocycles. The maximum absolute atomic E-state index is 12.0. The van der Waals surface area contributed by atoms with Crippen LogP contribution in [0.5, 0.6) is 0 Å². The van der Waals surface area contributed by atoms with Crippen LogP contribution in [0.4, 0.5) is 0 Å². The highest BCUT2D eigenvalue weighted by atomic mass is 35.5. The summed E-state index contributed by atoms with van der Waals surface area (Å²) in [5.74, 6) is 1.51. The molecule has 2 heterocycles. The van der Waals surface area contributed by atoms with E-state index < -0.39 is 0 Å².